The molecule has 0 spiro atoms. The molecule has 268 valence electrons. The van der Waals surface area contributed by atoms with E-state index in [4.69, 9.17) is 33.2 Å². The van der Waals surface area contributed by atoms with Gasteiger partial charge in [0.2, 0.25) is 5.91 Å². The second kappa shape index (κ2) is 15.5. The maximum Gasteiger partial charge on any atom is 0.217 e. The predicted octanol–water partition coefficient (Wildman–Crippen LogP) is -7.55. The number of nitrogens with one attached hydrogen (secondary N) is 1. The quantitative estimate of drug-likeness (QED) is 0.108. The molecule has 0 radical (unpaired) electrons. The smallest absolute Gasteiger partial charge is 0.217 e. The molecular formula is C26H45NO19. The summed E-state index contributed by atoms with van der Waals surface area (Å²) in [5.41, 5.74) is 0. The molecule has 0 saturated carbocycles. The van der Waals surface area contributed by atoms with E-state index in [1.807, 2.05) is 0 Å². The molecule has 4 saturated heterocycles. The number of ether oxygens (including phenoxy) is 7. The molecule has 4 heterocycles. The first-order valence-electron chi connectivity index (χ1n) is 14.8. The Hall–Kier alpha value is -1.25. The van der Waals surface area contributed by atoms with Crippen LogP contribution in [-0.2, 0) is 38.0 Å². The van der Waals surface area contributed by atoms with Gasteiger partial charge in [0.15, 0.2) is 25.2 Å². The second-order valence-corrected chi connectivity index (χ2v) is 11.8. The number of aliphatic hydroxyl groups is 11. The number of amides is 1. The molecule has 12 N–H and O–H groups in total. The fourth-order valence-corrected chi connectivity index (χ4v) is 5.81. The van der Waals surface area contributed by atoms with Crippen molar-refractivity contribution in [3.8, 4) is 0 Å². The third-order valence-electron chi connectivity index (χ3n) is 8.53. The highest BCUT2D eigenvalue weighted by Gasteiger charge is 2.55. The minimum absolute atomic E-state index is 0.691. The molecule has 4 aliphatic heterocycles. The van der Waals surface area contributed by atoms with Crippen molar-refractivity contribution in [1.29, 1.82) is 0 Å². The Morgan fingerprint density at radius 2 is 1.04 bits per heavy atom. The topological polar surface area (TPSA) is 316 Å². The molecule has 4 rings (SSSR count). The number of rotatable bonds is 9. The molecule has 20 nitrogen and oxygen atoms in total. The van der Waals surface area contributed by atoms with Crippen LogP contribution in [0.25, 0.3) is 0 Å². The monoisotopic (exact) mass is 675 g/mol. The molecule has 46 heavy (non-hydrogen) atoms. The molecule has 0 aliphatic carbocycles. The lowest BCUT2D eigenvalue weighted by Crippen LogP contribution is -2.70. The first-order valence-corrected chi connectivity index (χ1v) is 14.8. The van der Waals surface area contributed by atoms with Crippen molar-refractivity contribution in [1.82, 2.24) is 5.32 Å². The highest BCUT2D eigenvalue weighted by atomic mass is 16.8. The van der Waals surface area contributed by atoms with Crippen molar-refractivity contribution in [3.05, 3.63) is 0 Å². The van der Waals surface area contributed by atoms with Crippen LogP contribution in [0, 0.1) is 0 Å². The zero-order chi connectivity index (χ0) is 34.2. The van der Waals surface area contributed by atoms with Gasteiger partial charge in [-0.2, -0.15) is 0 Å². The number of hydrogen-bond donors (Lipinski definition) is 12. The molecule has 1 amide bonds. The summed E-state index contributed by atoms with van der Waals surface area (Å²) < 4.78 is 39.8. The van der Waals surface area contributed by atoms with Gasteiger partial charge in [0.05, 0.1) is 25.4 Å². The largest absolute Gasteiger partial charge is 0.394 e. The van der Waals surface area contributed by atoms with E-state index in [0.717, 1.165) is 6.92 Å². The molecule has 4 aliphatic rings. The summed E-state index contributed by atoms with van der Waals surface area (Å²) >= 11 is 0. The van der Waals surface area contributed by atoms with Gasteiger partial charge in [-0.05, 0) is 13.8 Å². The predicted molar refractivity (Wildman–Crippen MR) is 143 cm³/mol. The summed E-state index contributed by atoms with van der Waals surface area (Å²) in [4.78, 5) is 12.1. The van der Waals surface area contributed by atoms with E-state index in [9.17, 15) is 61.0 Å². The molecule has 0 bridgehead atoms. The molecule has 4 fully saturated rings. The SMILES string of the molecule is CC(=O)N[C@H]1C(O)O[C@H](CO)[C@@H](O[C@@H]2O[C@H](CO)[C@H](O)[C@H](O)[C@H]2O[C@@H]2O[C@@H](C)[C@@H](O)[C@@H](O)[C@@H]2O)[C@@H]1O[C@H]1O[C@@H](C)[C@@H](O)[C@@H](O)[C@@H]1O. The van der Waals surface area contributed by atoms with Crippen LogP contribution < -0.4 is 5.32 Å². The molecule has 20 atom stereocenters. The Kier molecular flexibility index (Phi) is 12.7. The van der Waals surface area contributed by atoms with E-state index in [0.29, 0.717) is 0 Å². The highest BCUT2D eigenvalue weighted by Crippen LogP contribution is 2.35. The number of carbonyl (C=O) groups is 1. The van der Waals surface area contributed by atoms with E-state index >= 15 is 0 Å². The third-order valence-corrected chi connectivity index (χ3v) is 8.53. The summed E-state index contributed by atoms with van der Waals surface area (Å²) in [7, 11) is 0. The number of hydrogen-bond acceptors (Lipinski definition) is 19. The minimum atomic E-state index is -1.92. The first-order chi connectivity index (χ1) is 21.6. The Bertz CT molecular complexity index is 997. The van der Waals surface area contributed by atoms with E-state index in [-0.39, 0.29) is 0 Å². The fourth-order valence-electron chi connectivity index (χ4n) is 5.81. The lowest BCUT2D eigenvalue weighted by atomic mass is 9.94. The normalized spacial score (nSPS) is 51.9. The van der Waals surface area contributed by atoms with Crippen LogP contribution in [0.4, 0.5) is 0 Å². The van der Waals surface area contributed by atoms with Crippen LogP contribution in [-0.4, -0.2) is 198 Å². The summed E-state index contributed by atoms with van der Waals surface area (Å²) in [6.45, 7) is 2.15. The van der Waals surface area contributed by atoms with E-state index in [2.05, 4.69) is 5.32 Å². The third kappa shape index (κ3) is 7.64. The van der Waals surface area contributed by atoms with E-state index in [1.165, 1.54) is 13.8 Å². The lowest BCUT2D eigenvalue weighted by Gasteiger charge is -2.50. The molecule has 20 heteroatoms. The Morgan fingerprint density at radius 1 is 0.565 bits per heavy atom. The van der Waals surface area contributed by atoms with Gasteiger partial charge in [0.1, 0.15) is 85.4 Å². The van der Waals surface area contributed by atoms with Gasteiger partial charge in [-0.25, -0.2) is 0 Å². The average molecular weight is 676 g/mol. The van der Waals surface area contributed by atoms with E-state index < -0.39 is 142 Å². The average Bonchev–Trinajstić information content (AvgIpc) is 3.01. The molecule has 0 aromatic carbocycles. The zero-order valence-corrected chi connectivity index (χ0v) is 25.1. The van der Waals surface area contributed by atoms with Crippen LogP contribution in [0.5, 0.6) is 0 Å². The Balaban J connectivity index is 1.68. The van der Waals surface area contributed by atoms with Gasteiger partial charge in [-0.15, -0.1) is 0 Å². The fraction of sp³-hybridized carbons (Fsp3) is 0.962. The van der Waals surface area contributed by atoms with Crippen molar-refractivity contribution >= 4 is 5.91 Å². The van der Waals surface area contributed by atoms with Crippen molar-refractivity contribution in [2.75, 3.05) is 13.2 Å². The molecule has 1 unspecified atom stereocenters. The van der Waals surface area contributed by atoms with Crippen LogP contribution in [0.2, 0.25) is 0 Å². The van der Waals surface area contributed by atoms with Gasteiger partial charge < -0.3 is 94.6 Å². The Morgan fingerprint density at radius 3 is 1.52 bits per heavy atom. The van der Waals surface area contributed by atoms with Crippen molar-refractivity contribution < 1.29 is 94.1 Å². The van der Waals surface area contributed by atoms with Crippen LogP contribution in [0.3, 0.4) is 0 Å². The zero-order valence-electron chi connectivity index (χ0n) is 25.1. The summed E-state index contributed by atoms with van der Waals surface area (Å²) in [5.74, 6) is -0.691. The van der Waals surface area contributed by atoms with Crippen LogP contribution in [0.1, 0.15) is 20.8 Å². The molecule has 0 aromatic heterocycles. The van der Waals surface area contributed by atoms with Crippen LogP contribution in [0.15, 0.2) is 0 Å². The van der Waals surface area contributed by atoms with E-state index in [1.54, 1.807) is 0 Å². The summed E-state index contributed by atoms with van der Waals surface area (Å²) in [6, 6.07) is -1.51. The first kappa shape index (κ1) is 37.6. The standard InChI is InChI=1S/C26H45NO19/c1-6-12(31)15(34)18(37)24(40-6)45-21-11(27-8(3)30)23(39)42-10(5-29)20(21)44-26-22(17(36)14(33)9(4-28)43-26)46-25-19(38)16(35)13(32)7(2)41-25/h6-7,9-26,28-29,31-39H,4-5H2,1-3H3,(H,27,30)/t6-,7-,9+,10+,11+,12+,13+,14-,15+,16+,17-,18-,19-,20+,21+,22+,23?,24+,25-,26-/m0/s1. The maximum absolute atomic E-state index is 12.1. The van der Waals surface area contributed by atoms with Gasteiger partial charge in [0, 0.05) is 6.92 Å². The lowest BCUT2D eigenvalue weighted by molar-refractivity contribution is -0.391. The molecule has 0 aromatic rings. The second-order valence-electron chi connectivity index (χ2n) is 11.8. The van der Waals surface area contributed by atoms with Gasteiger partial charge in [-0.1, -0.05) is 0 Å². The van der Waals surface area contributed by atoms with Crippen molar-refractivity contribution in [2.45, 2.75) is 144 Å². The minimum Gasteiger partial charge on any atom is -0.394 e. The van der Waals surface area contributed by atoms with Crippen LogP contribution >= 0.6 is 0 Å². The van der Waals surface area contributed by atoms with Gasteiger partial charge in [0.25, 0.3) is 0 Å². The molecular weight excluding hydrogens is 630 g/mol. The van der Waals surface area contributed by atoms with Gasteiger partial charge >= 0.3 is 0 Å². The maximum atomic E-state index is 12.1. The summed E-state index contributed by atoms with van der Waals surface area (Å²) in [6.07, 6.45) is -31.2. The Labute approximate surface area is 262 Å². The van der Waals surface area contributed by atoms with Crippen molar-refractivity contribution in [3.63, 3.8) is 0 Å². The summed E-state index contributed by atoms with van der Waals surface area (Å²) in [5, 5.41) is 117. The number of carbonyl (C=O) groups excluding carboxylic acids is 1. The highest BCUT2D eigenvalue weighted by molar-refractivity contribution is 5.73. The van der Waals surface area contributed by atoms with Crippen molar-refractivity contribution in [2.24, 2.45) is 0 Å². The number of aliphatic hydroxyl groups excluding tert-OH is 11. The van der Waals surface area contributed by atoms with Gasteiger partial charge in [-0.3, -0.25) is 4.79 Å².